The summed E-state index contributed by atoms with van der Waals surface area (Å²) in [5.74, 6) is 0.347. The van der Waals surface area contributed by atoms with E-state index in [0.29, 0.717) is 5.56 Å². The summed E-state index contributed by atoms with van der Waals surface area (Å²) in [6.45, 7) is 2.68. The Kier molecular flexibility index (Phi) is 4.85. The molecular weight excluding hydrogens is 284 g/mol. The van der Waals surface area contributed by atoms with E-state index in [9.17, 15) is 4.79 Å². The van der Waals surface area contributed by atoms with Gasteiger partial charge in [-0.15, -0.1) is 0 Å². The second-order valence-electron chi connectivity index (χ2n) is 6.11. The van der Waals surface area contributed by atoms with Gasteiger partial charge in [-0.05, 0) is 37.1 Å². The van der Waals surface area contributed by atoms with Crippen molar-refractivity contribution in [3.05, 3.63) is 71.3 Å². The van der Waals surface area contributed by atoms with Gasteiger partial charge < -0.3 is 0 Å². The van der Waals surface area contributed by atoms with Crippen LogP contribution in [-0.2, 0) is 6.54 Å². The van der Waals surface area contributed by atoms with E-state index in [4.69, 9.17) is 5.26 Å². The van der Waals surface area contributed by atoms with Gasteiger partial charge in [-0.3, -0.25) is 9.69 Å². The Morgan fingerprint density at radius 2 is 1.87 bits per heavy atom. The monoisotopic (exact) mass is 304 g/mol. The van der Waals surface area contributed by atoms with Gasteiger partial charge in [0.1, 0.15) is 0 Å². The topological polar surface area (TPSA) is 44.1 Å². The first-order valence-corrected chi connectivity index (χ1v) is 8.07. The van der Waals surface area contributed by atoms with E-state index in [2.05, 4.69) is 11.0 Å². The first kappa shape index (κ1) is 15.5. The molecule has 0 spiro atoms. The van der Waals surface area contributed by atoms with Crippen LogP contribution in [0.3, 0.4) is 0 Å². The molecule has 116 valence electrons. The van der Waals surface area contributed by atoms with Crippen LogP contribution in [0.4, 0.5) is 0 Å². The number of piperidine rings is 1. The highest BCUT2D eigenvalue weighted by atomic mass is 16.1. The van der Waals surface area contributed by atoms with Crippen LogP contribution in [0, 0.1) is 17.2 Å². The summed E-state index contributed by atoms with van der Waals surface area (Å²) in [6.07, 6.45) is 2.02. The summed E-state index contributed by atoms with van der Waals surface area (Å²) in [7, 11) is 0. The molecule has 0 radical (unpaired) electrons. The molecule has 1 aliphatic heterocycles. The van der Waals surface area contributed by atoms with Crippen LogP contribution in [-0.4, -0.2) is 23.8 Å². The molecule has 0 saturated carbocycles. The molecule has 2 aromatic rings. The number of hydrogen-bond acceptors (Lipinski definition) is 3. The third kappa shape index (κ3) is 3.85. The van der Waals surface area contributed by atoms with E-state index in [0.717, 1.165) is 38.0 Å². The number of nitriles is 1. The smallest absolute Gasteiger partial charge is 0.167 e. The average Bonchev–Trinajstić information content (AvgIpc) is 2.63. The van der Waals surface area contributed by atoms with Gasteiger partial charge in [-0.25, -0.2) is 0 Å². The third-order valence-electron chi connectivity index (χ3n) is 4.42. The predicted molar refractivity (Wildman–Crippen MR) is 89.9 cm³/mol. The highest BCUT2D eigenvalue weighted by Gasteiger charge is 2.26. The number of ketones is 1. The third-order valence-corrected chi connectivity index (χ3v) is 4.42. The first-order chi connectivity index (χ1) is 11.3. The predicted octanol–water partition coefficient (Wildman–Crippen LogP) is 3.65. The molecule has 0 aliphatic carbocycles. The van der Waals surface area contributed by atoms with E-state index in [-0.39, 0.29) is 11.7 Å². The maximum absolute atomic E-state index is 12.6. The number of nitrogens with zero attached hydrogens (tertiary/aromatic N) is 2. The van der Waals surface area contributed by atoms with Crippen molar-refractivity contribution in [2.75, 3.05) is 13.1 Å². The van der Waals surface area contributed by atoms with Crippen molar-refractivity contribution in [1.29, 1.82) is 5.26 Å². The Morgan fingerprint density at radius 1 is 1.13 bits per heavy atom. The van der Waals surface area contributed by atoms with Gasteiger partial charge in [-0.2, -0.15) is 5.26 Å². The van der Waals surface area contributed by atoms with Crippen LogP contribution < -0.4 is 0 Å². The van der Waals surface area contributed by atoms with Crippen molar-refractivity contribution in [3.8, 4) is 6.07 Å². The molecule has 3 nitrogen and oxygen atoms in total. The van der Waals surface area contributed by atoms with E-state index in [1.165, 1.54) is 5.56 Å². The highest BCUT2D eigenvalue weighted by molar-refractivity contribution is 5.98. The Morgan fingerprint density at radius 3 is 2.57 bits per heavy atom. The summed E-state index contributed by atoms with van der Waals surface area (Å²) < 4.78 is 0. The van der Waals surface area contributed by atoms with Crippen molar-refractivity contribution in [1.82, 2.24) is 4.90 Å². The number of carbonyl (C=O) groups excluding carboxylic acids is 1. The maximum atomic E-state index is 12.6. The minimum Gasteiger partial charge on any atom is -0.298 e. The minimum absolute atomic E-state index is 0.0875. The molecule has 1 unspecified atom stereocenters. The van der Waals surface area contributed by atoms with Crippen molar-refractivity contribution < 1.29 is 4.79 Å². The molecule has 3 rings (SSSR count). The highest BCUT2D eigenvalue weighted by Crippen LogP contribution is 2.22. The number of benzene rings is 2. The second-order valence-corrected chi connectivity index (χ2v) is 6.11. The Balaban J connectivity index is 1.64. The van der Waals surface area contributed by atoms with Crippen LogP contribution in [0.5, 0.6) is 0 Å². The van der Waals surface area contributed by atoms with Gasteiger partial charge in [0, 0.05) is 24.6 Å². The molecule has 3 heteroatoms. The maximum Gasteiger partial charge on any atom is 0.167 e. The van der Waals surface area contributed by atoms with Crippen LogP contribution in [0.15, 0.2) is 54.6 Å². The zero-order valence-electron chi connectivity index (χ0n) is 13.1. The molecule has 1 fully saturated rings. The number of rotatable bonds is 4. The normalized spacial score (nSPS) is 18.3. The number of Topliss-reactive ketones (excluding diaryl/α,β-unsaturated/α-hetero) is 1. The summed E-state index contributed by atoms with van der Waals surface area (Å²) >= 11 is 0. The van der Waals surface area contributed by atoms with Crippen molar-refractivity contribution >= 4 is 5.78 Å². The lowest BCUT2D eigenvalue weighted by Gasteiger charge is -2.32. The number of carbonyl (C=O) groups is 1. The molecule has 0 amide bonds. The summed E-state index contributed by atoms with van der Waals surface area (Å²) in [4.78, 5) is 15.0. The van der Waals surface area contributed by atoms with Gasteiger partial charge in [0.15, 0.2) is 5.78 Å². The van der Waals surface area contributed by atoms with Crippen LogP contribution in [0.1, 0.15) is 34.3 Å². The summed E-state index contributed by atoms with van der Waals surface area (Å²) in [5, 5.41) is 8.86. The van der Waals surface area contributed by atoms with Gasteiger partial charge >= 0.3 is 0 Å². The largest absolute Gasteiger partial charge is 0.298 e. The minimum atomic E-state index is 0.0875. The van der Waals surface area contributed by atoms with Crippen molar-refractivity contribution in [2.45, 2.75) is 19.4 Å². The number of likely N-dealkylation sites (tertiary alicyclic amines) is 1. The molecule has 0 bridgehead atoms. The molecule has 1 saturated heterocycles. The lowest BCUT2D eigenvalue weighted by molar-refractivity contribution is 0.0811. The Labute approximate surface area is 137 Å². The fourth-order valence-electron chi connectivity index (χ4n) is 3.19. The van der Waals surface area contributed by atoms with E-state index < -0.39 is 0 Å². The van der Waals surface area contributed by atoms with Gasteiger partial charge in [0.05, 0.1) is 11.6 Å². The zero-order chi connectivity index (χ0) is 16.1. The summed E-state index contributed by atoms with van der Waals surface area (Å²) in [5.41, 5.74) is 2.69. The van der Waals surface area contributed by atoms with Crippen LogP contribution >= 0.6 is 0 Å². The zero-order valence-corrected chi connectivity index (χ0v) is 13.1. The fraction of sp³-hybridized carbons (Fsp3) is 0.300. The SMILES string of the molecule is N#Cc1ccc(CN2CCCC(C(=O)c3ccccc3)C2)cc1. The second kappa shape index (κ2) is 7.21. The molecular formula is C20H20N2O. The summed E-state index contributed by atoms with van der Waals surface area (Å²) in [6, 6.07) is 19.4. The molecule has 2 aromatic carbocycles. The van der Waals surface area contributed by atoms with Gasteiger partial charge in [-0.1, -0.05) is 42.5 Å². The van der Waals surface area contributed by atoms with Gasteiger partial charge in [0.25, 0.3) is 0 Å². The standard InChI is InChI=1S/C20H20N2O/c21-13-16-8-10-17(11-9-16)14-22-12-4-7-19(15-22)20(23)18-5-2-1-3-6-18/h1-3,5-6,8-11,19H,4,7,12,14-15H2. The molecule has 1 atom stereocenters. The lowest BCUT2D eigenvalue weighted by Crippen LogP contribution is -2.38. The van der Waals surface area contributed by atoms with Crippen molar-refractivity contribution in [2.24, 2.45) is 5.92 Å². The van der Waals surface area contributed by atoms with E-state index >= 15 is 0 Å². The Hall–Kier alpha value is -2.44. The molecule has 0 aromatic heterocycles. The first-order valence-electron chi connectivity index (χ1n) is 8.07. The van der Waals surface area contributed by atoms with E-state index in [1.54, 1.807) is 0 Å². The molecule has 1 heterocycles. The average molecular weight is 304 g/mol. The molecule has 23 heavy (non-hydrogen) atoms. The van der Waals surface area contributed by atoms with Crippen LogP contribution in [0.25, 0.3) is 0 Å². The quantitative estimate of drug-likeness (QED) is 0.810. The number of hydrogen-bond donors (Lipinski definition) is 0. The van der Waals surface area contributed by atoms with Crippen LogP contribution in [0.2, 0.25) is 0 Å². The van der Waals surface area contributed by atoms with E-state index in [1.807, 2.05) is 54.6 Å². The lowest BCUT2D eigenvalue weighted by atomic mass is 9.90. The Bertz CT molecular complexity index is 701. The van der Waals surface area contributed by atoms with Crippen molar-refractivity contribution in [3.63, 3.8) is 0 Å². The fourth-order valence-corrected chi connectivity index (χ4v) is 3.19. The van der Waals surface area contributed by atoms with Gasteiger partial charge in [0.2, 0.25) is 0 Å². The molecule has 1 aliphatic rings. The molecule has 0 N–H and O–H groups in total.